The number of amides is 1. The molecular formula is C15H21ClN2O. The lowest BCUT2D eigenvalue weighted by atomic mass is 9.97. The normalized spacial score (nSPS) is 20.8. The van der Waals surface area contributed by atoms with Crippen LogP contribution >= 0.6 is 11.6 Å². The number of hydrogen-bond donors (Lipinski definition) is 2. The zero-order chi connectivity index (χ0) is 13.7. The Morgan fingerprint density at radius 2 is 2.21 bits per heavy atom. The van der Waals surface area contributed by atoms with Crippen molar-refractivity contribution in [2.45, 2.75) is 32.2 Å². The molecule has 1 heterocycles. The van der Waals surface area contributed by atoms with Crippen molar-refractivity contribution in [2.24, 2.45) is 5.92 Å². The molecule has 1 fully saturated rings. The highest BCUT2D eigenvalue weighted by molar-refractivity contribution is 6.30. The molecule has 0 saturated carbocycles. The third-order valence-electron chi connectivity index (χ3n) is 3.66. The van der Waals surface area contributed by atoms with Crippen LogP contribution in [0.3, 0.4) is 0 Å². The molecule has 19 heavy (non-hydrogen) atoms. The van der Waals surface area contributed by atoms with E-state index < -0.39 is 0 Å². The minimum absolute atomic E-state index is 0.0756. The van der Waals surface area contributed by atoms with E-state index in [-0.39, 0.29) is 17.9 Å². The summed E-state index contributed by atoms with van der Waals surface area (Å²) in [5, 5.41) is 7.15. The average molecular weight is 281 g/mol. The van der Waals surface area contributed by atoms with Gasteiger partial charge in [0.2, 0.25) is 5.91 Å². The van der Waals surface area contributed by atoms with E-state index in [1.807, 2.05) is 24.3 Å². The van der Waals surface area contributed by atoms with E-state index in [1.54, 1.807) is 0 Å². The van der Waals surface area contributed by atoms with Gasteiger partial charge in [0.05, 0.1) is 12.0 Å². The summed E-state index contributed by atoms with van der Waals surface area (Å²) in [6.45, 7) is 3.90. The van der Waals surface area contributed by atoms with E-state index in [0.29, 0.717) is 0 Å². The number of carbonyl (C=O) groups is 1. The molecule has 4 heteroatoms. The molecule has 0 radical (unpaired) electrons. The monoisotopic (exact) mass is 280 g/mol. The summed E-state index contributed by atoms with van der Waals surface area (Å²) in [6.07, 6.45) is 2.94. The van der Waals surface area contributed by atoms with Crippen LogP contribution in [-0.4, -0.2) is 19.0 Å². The molecule has 0 aromatic heterocycles. The van der Waals surface area contributed by atoms with Gasteiger partial charge in [-0.25, -0.2) is 0 Å². The summed E-state index contributed by atoms with van der Waals surface area (Å²) in [6, 6.07) is 7.78. The zero-order valence-electron chi connectivity index (χ0n) is 11.3. The molecule has 1 saturated heterocycles. The maximum absolute atomic E-state index is 12.2. The third kappa shape index (κ3) is 3.95. The van der Waals surface area contributed by atoms with E-state index in [4.69, 9.17) is 11.6 Å². The molecular weight excluding hydrogens is 260 g/mol. The SMILES string of the molecule is CCC(NC(=O)[C@H]1CCCNC1)c1ccc(Cl)cc1. The summed E-state index contributed by atoms with van der Waals surface area (Å²) >= 11 is 5.89. The smallest absolute Gasteiger partial charge is 0.224 e. The standard InChI is InChI=1S/C15H21ClN2O/c1-2-14(11-5-7-13(16)8-6-11)18-15(19)12-4-3-9-17-10-12/h5-8,12,14,17H,2-4,9-10H2,1H3,(H,18,19)/t12-,14?/m0/s1. The summed E-state index contributed by atoms with van der Waals surface area (Å²) in [5.41, 5.74) is 1.11. The second-order valence-electron chi connectivity index (χ2n) is 5.06. The Balaban J connectivity index is 1.98. The Hall–Kier alpha value is -1.06. The number of piperidine rings is 1. The first-order valence-corrected chi connectivity index (χ1v) is 7.35. The van der Waals surface area contributed by atoms with Crippen LogP contribution in [0.4, 0.5) is 0 Å². The summed E-state index contributed by atoms with van der Waals surface area (Å²) in [7, 11) is 0. The quantitative estimate of drug-likeness (QED) is 0.890. The van der Waals surface area contributed by atoms with Crippen LogP contribution in [-0.2, 0) is 4.79 Å². The molecule has 1 unspecified atom stereocenters. The number of hydrogen-bond acceptors (Lipinski definition) is 2. The van der Waals surface area contributed by atoms with E-state index in [1.165, 1.54) is 0 Å². The van der Waals surface area contributed by atoms with Gasteiger partial charge in [0.25, 0.3) is 0 Å². The number of rotatable bonds is 4. The molecule has 1 aromatic carbocycles. The lowest BCUT2D eigenvalue weighted by Crippen LogP contribution is -2.41. The van der Waals surface area contributed by atoms with Gasteiger partial charge in [0.15, 0.2) is 0 Å². The minimum Gasteiger partial charge on any atom is -0.349 e. The van der Waals surface area contributed by atoms with Gasteiger partial charge in [0, 0.05) is 11.6 Å². The Kier molecular flexibility index (Phi) is 5.23. The number of benzene rings is 1. The maximum atomic E-state index is 12.2. The lowest BCUT2D eigenvalue weighted by molar-refractivity contribution is -0.126. The topological polar surface area (TPSA) is 41.1 Å². The van der Waals surface area contributed by atoms with Crippen LogP contribution in [0.1, 0.15) is 37.8 Å². The van der Waals surface area contributed by atoms with Crippen LogP contribution in [0.2, 0.25) is 5.02 Å². The fourth-order valence-corrected chi connectivity index (χ4v) is 2.61. The van der Waals surface area contributed by atoms with Crippen LogP contribution in [0.15, 0.2) is 24.3 Å². The Morgan fingerprint density at radius 3 is 2.79 bits per heavy atom. The van der Waals surface area contributed by atoms with Crippen molar-refractivity contribution in [2.75, 3.05) is 13.1 Å². The highest BCUT2D eigenvalue weighted by Crippen LogP contribution is 2.20. The molecule has 2 N–H and O–H groups in total. The summed E-state index contributed by atoms with van der Waals surface area (Å²) in [5.74, 6) is 0.268. The second kappa shape index (κ2) is 6.92. The molecule has 0 bridgehead atoms. The van der Waals surface area contributed by atoms with Gasteiger partial charge in [-0.2, -0.15) is 0 Å². The predicted octanol–water partition coefficient (Wildman–Crippen LogP) is 2.91. The molecule has 2 rings (SSSR count). The van der Waals surface area contributed by atoms with E-state index >= 15 is 0 Å². The van der Waals surface area contributed by atoms with Gasteiger partial charge in [-0.05, 0) is 43.5 Å². The fraction of sp³-hybridized carbons (Fsp3) is 0.533. The van der Waals surface area contributed by atoms with Gasteiger partial charge >= 0.3 is 0 Å². The van der Waals surface area contributed by atoms with E-state index in [9.17, 15) is 4.79 Å². The van der Waals surface area contributed by atoms with Crippen molar-refractivity contribution in [3.05, 3.63) is 34.9 Å². The highest BCUT2D eigenvalue weighted by Gasteiger charge is 2.23. The van der Waals surface area contributed by atoms with E-state index in [2.05, 4.69) is 17.6 Å². The maximum Gasteiger partial charge on any atom is 0.224 e. The Bertz CT molecular complexity index is 413. The van der Waals surface area contributed by atoms with Crippen molar-refractivity contribution in [1.29, 1.82) is 0 Å². The van der Waals surface area contributed by atoms with Crippen LogP contribution in [0, 0.1) is 5.92 Å². The van der Waals surface area contributed by atoms with Gasteiger partial charge < -0.3 is 10.6 Å². The van der Waals surface area contributed by atoms with Crippen LogP contribution < -0.4 is 10.6 Å². The van der Waals surface area contributed by atoms with Crippen molar-refractivity contribution >= 4 is 17.5 Å². The minimum atomic E-state index is 0.0756. The largest absolute Gasteiger partial charge is 0.349 e. The second-order valence-corrected chi connectivity index (χ2v) is 5.50. The predicted molar refractivity (Wildman–Crippen MR) is 78.2 cm³/mol. The van der Waals surface area contributed by atoms with Gasteiger partial charge in [-0.15, -0.1) is 0 Å². The number of nitrogens with one attached hydrogen (secondary N) is 2. The van der Waals surface area contributed by atoms with Crippen molar-refractivity contribution in [3.8, 4) is 0 Å². The molecule has 3 nitrogen and oxygen atoms in total. The molecule has 2 atom stereocenters. The number of carbonyl (C=O) groups excluding carboxylic acids is 1. The first-order valence-electron chi connectivity index (χ1n) is 6.97. The number of halogens is 1. The fourth-order valence-electron chi connectivity index (χ4n) is 2.48. The zero-order valence-corrected chi connectivity index (χ0v) is 12.0. The molecule has 1 aromatic rings. The molecule has 104 valence electrons. The molecule has 1 aliphatic heterocycles. The lowest BCUT2D eigenvalue weighted by Gasteiger charge is -2.25. The van der Waals surface area contributed by atoms with Crippen LogP contribution in [0.25, 0.3) is 0 Å². The molecule has 0 aliphatic carbocycles. The molecule has 1 amide bonds. The highest BCUT2D eigenvalue weighted by atomic mass is 35.5. The Morgan fingerprint density at radius 1 is 1.47 bits per heavy atom. The third-order valence-corrected chi connectivity index (χ3v) is 3.92. The van der Waals surface area contributed by atoms with E-state index in [0.717, 1.165) is 42.9 Å². The molecule has 1 aliphatic rings. The first-order chi connectivity index (χ1) is 9.20. The van der Waals surface area contributed by atoms with Crippen molar-refractivity contribution in [3.63, 3.8) is 0 Å². The Labute approximate surface area is 119 Å². The van der Waals surface area contributed by atoms with Gasteiger partial charge in [-0.3, -0.25) is 4.79 Å². The first kappa shape index (κ1) is 14.4. The van der Waals surface area contributed by atoms with Gasteiger partial charge in [0.1, 0.15) is 0 Å². The summed E-state index contributed by atoms with van der Waals surface area (Å²) in [4.78, 5) is 12.2. The van der Waals surface area contributed by atoms with Gasteiger partial charge in [-0.1, -0.05) is 30.7 Å². The summed E-state index contributed by atoms with van der Waals surface area (Å²) < 4.78 is 0. The average Bonchev–Trinajstić information content (AvgIpc) is 2.46. The van der Waals surface area contributed by atoms with Crippen molar-refractivity contribution < 1.29 is 4.79 Å². The molecule has 0 spiro atoms. The van der Waals surface area contributed by atoms with Crippen molar-refractivity contribution in [1.82, 2.24) is 10.6 Å². The van der Waals surface area contributed by atoms with Crippen LogP contribution in [0.5, 0.6) is 0 Å².